The lowest BCUT2D eigenvalue weighted by Gasteiger charge is -2.29. The van der Waals surface area contributed by atoms with Crippen molar-refractivity contribution < 1.29 is 0 Å². The Morgan fingerprint density at radius 1 is 1.24 bits per heavy atom. The number of fused-ring (bicyclic) bond motifs is 1. The summed E-state index contributed by atoms with van der Waals surface area (Å²) in [4.78, 5) is 3.77. The molecule has 0 amide bonds. The van der Waals surface area contributed by atoms with Crippen molar-refractivity contribution in [2.45, 2.75) is 45.3 Å². The van der Waals surface area contributed by atoms with Gasteiger partial charge >= 0.3 is 0 Å². The second-order valence-corrected chi connectivity index (χ2v) is 8.64. The van der Waals surface area contributed by atoms with E-state index in [0.29, 0.717) is 0 Å². The van der Waals surface area contributed by atoms with E-state index in [2.05, 4.69) is 62.3 Å². The summed E-state index contributed by atoms with van der Waals surface area (Å²) >= 11 is 0. The molecule has 0 saturated carbocycles. The van der Waals surface area contributed by atoms with Gasteiger partial charge in [-0.1, -0.05) is 49.0 Å². The molecule has 0 unspecified atom stereocenters. The predicted molar refractivity (Wildman–Crippen MR) is 78.8 cm³/mol. The van der Waals surface area contributed by atoms with Crippen LogP contribution in [0.15, 0.2) is 29.8 Å². The molecule has 1 aliphatic carbocycles. The van der Waals surface area contributed by atoms with Crippen LogP contribution in [-0.4, -0.2) is 14.5 Å². The Balaban J connectivity index is 2.04. The SMILES string of the molecule is C[SiH](C)NC(C)(C)CC1=Cc2ccccc2C1. The van der Waals surface area contributed by atoms with Crippen LogP contribution < -0.4 is 4.98 Å². The summed E-state index contributed by atoms with van der Waals surface area (Å²) in [7, 11) is -0.708. The van der Waals surface area contributed by atoms with E-state index in [4.69, 9.17) is 0 Å². The minimum absolute atomic E-state index is 0.244. The maximum Gasteiger partial charge on any atom is 0.103 e. The molecule has 0 bridgehead atoms. The molecule has 0 aromatic heterocycles. The van der Waals surface area contributed by atoms with Gasteiger partial charge in [-0.3, -0.25) is 0 Å². The molecule has 0 radical (unpaired) electrons. The molecule has 1 N–H and O–H groups in total. The number of rotatable bonds is 4. The van der Waals surface area contributed by atoms with Gasteiger partial charge in [0.15, 0.2) is 0 Å². The molecule has 2 heteroatoms. The molecule has 17 heavy (non-hydrogen) atoms. The van der Waals surface area contributed by atoms with E-state index >= 15 is 0 Å². The number of hydrogen-bond donors (Lipinski definition) is 1. The quantitative estimate of drug-likeness (QED) is 0.802. The second kappa shape index (κ2) is 4.79. The van der Waals surface area contributed by atoms with Crippen LogP contribution in [0.1, 0.15) is 31.4 Å². The Kier molecular flexibility index (Phi) is 3.55. The van der Waals surface area contributed by atoms with Crippen LogP contribution in [-0.2, 0) is 6.42 Å². The average molecular weight is 245 g/mol. The summed E-state index contributed by atoms with van der Waals surface area (Å²) in [6.45, 7) is 9.34. The molecule has 0 spiro atoms. The Labute approximate surface area is 107 Å². The molecular formula is C15H23NSi. The topological polar surface area (TPSA) is 12.0 Å². The smallest absolute Gasteiger partial charge is 0.103 e. The van der Waals surface area contributed by atoms with E-state index in [9.17, 15) is 0 Å². The Hall–Kier alpha value is -0.863. The van der Waals surface area contributed by atoms with Crippen molar-refractivity contribution in [2.24, 2.45) is 0 Å². The maximum atomic E-state index is 3.77. The molecule has 92 valence electrons. The molecule has 0 aliphatic heterocycles. The van der Waals surface area contributed by atoms with Crippen molar-refractivity contribution in [3.05, 3.63) is 41.0 Å². The first-order valence-electron chi connectivity index (χ1n) is 6.51. The zero-order chi connectivity index (χ0) is 12.5. The Morgan fingerprint density at radius 2 is 1.94 bits per heavy atom. The fourth-order valence-electron chi connectivity index (χ4n) is 2.87. The van der Waals surface area contributed by atoms with Crippen LogP contribution in [0, 0.1) is 0 Å². The standard InChI is InChI=1S/C15H23NSi/c1-15(2,16-17(3)4)11-12-9-13-7-5-6-8-14(13)10-12/h5-9,16-17H,10-11H2,1-4H3. The van der Waals surface area contributed by atoms with Gasteiger partial charge in [-0.15, -0.1) is 0 Å². The van der Waals surface area contributed by atoms with Crippen LogP contribution >= 0.6 is 0 Å². The van der Waals surface area contributed by atoms with Gasteiger partial charge in [0.1, 0.15) is 8.96 Å². The molecular weight excluding hydrogens is 222 g/mol. The molecule has 2 rings (SSSR count). The first-order valence-corrected chi connectivity index (χ1v) is 9.40. The average Bonchev–Trinajstić information content (AvgIpc) is 2.55. The van der Waals surface area contributed by atoms with Gasteiger partial charge in [0.05, 0.1) is 0 Å². The number of benzene rings is 1. The highest BCUT2D eigenvalue weighted by atomic mass is 28.3. The number of nitrogens with one attached hydrogen (secondary N) is 1. The van der Waals surface area contributed by atoms with Crippen molar-refractivity contribution in [1.29, 1.82) is 0 Å². The summed E-state index contributed by atoms with van der Waals surface area (Å²) in [5, 5.41) is 0. The van der Waals surface area contributed by atoms with E-state index in [1.165, 1.54) is 11.1 Å². The predicted octanol–water partition coefficient (Wildman–Crippen LogP) is 3.37. The van der Waals surface area contributed by atoms with Crippen LogP contribution in [0.2, 0.25) is 13.1 Å². The third kappa shape index (κ3) is 3.30. The highest BCUT2D eigenvalue weighted by molar-refractivity contribution is 6.53. The van der Waals surface area contributed by atoms with E-state index in [-0.39, 0.29) is 5.54 Å². The van der Waals surface area contributed by atoms with Gasteiger partial charge in [-0.25, -0.2) is 0 Å². The van der Waals surface area contributed by atoms with Crippen molar-refractivity contribution >= 4 is 15.0 Å². The second-order valence-electron chi connectivity index (χ2n) is 6.04. The minimum Gasteiger partial charge on any atom is -0.335 e. The molecule has 0 heterocycles. The highest BCUT2D eigenvalue weighted by Gasteiger charge is 2.22. The monoisotopic (exact) mass is 245 g/mol. The lowest BCUT2D eigenvalue weighted by atomic mass is 9.95. The lowest BCUT2D eigenvalue weighted by Crippen LogP contribution is -2.46. The van der Waals surface area contributed by atoms with E-state index in [0.717, 1.165) is 12.8 Å². The van der Waals surface area contributed by atoms with Gasteiger partial charge in [0, 0.05) is 5.54 Å². The van der Waals surface area contributed by atoms with E-state index < -0.39 is 8.96 Å². The summed E-state index contributed by atoms with van der Waals surface area (Å²) in [5.41, 5.74) is 4.72. The highest BCUT2D eigenvalue weighted by Crippen LogP contribution is 2.29. The van der Waals surface area contributed by atoms with E-state index in [1.54, 1.807) is 5.57 Å². The Morgan fingerprint density at radius 3 is 2.59 bits per heavy atom. The Bertz CT molecular complexity index is 432. The van der Waals surface area contributed by atoms with Crippen LogP contribution in [0.5, 0.6) is 0 Å². The van der Waals surface area contributed by atoms with Crippen molar-refractivity contribution in [3.8, 4) is 0 Å². The molecule has 1 nitrogen and oxygen atoms in total. The van der Waals surface area contributed by atoms with Crippen LogP contribution in [0.4, 0.5) is 0 Å². The fraction of sp³-hybridized carbons (Fsp3) is 0.467. The van der Waals surface area contributed by atoms with Crippen molar-refractivity contribution in [1.82, 2.24) is 4.98 Å². The summed E-state index contributed by atoms with van der Waals surface area (Å²) in [6, 6.07) is 8.74. The molecule has 1 aromatic rings. The van der Waals surface area contributed by atoms with Crippen molar-refractivity contribution in [2.75, 3.05) is 0 Å². The normalized spacial score (nSPS) is 15.0. The molecule has 0 fully saturated rings. The van der Waals surface area contributed by atoms with Gasteiger partial charge in [0.25, 0.3) is 0 Å². The van der Waals surface area contributed by atoms with E-state index in [1.807, 2.05) is 0 Å². The zero-order valence-corrected chi connectivity index (χ0v) is 12.5. The van der Waals surface area contributed by atoms with Crippen molar-refractivity contribution in [3.63, 3.8) is 0 Å². The third-order valence-corrected chi connectivity index (χ3v) is 4.54. The molecule has 1 aliphatic rings. The third-order valence-electron chi connectivity index (χ3n) is 3.18. The van der Waals surface area contributed by atoms with Gasteiger partial charge < -0.3 is 4.98 Å². The fourth-order valence-corrected chi connectivity index (χ4v) is 4.53. The number of hydrogen-bond acceptors (Lipinski definition) is 1. The largest absolute Gasteiger partial charge is 0.335 e. The van der Waals surface area contributed by atoms with Crippen LogP contribution in [0.25, 0.3) is 6.08 Å². The first kappa shape index (κ1) is 12.6. The van der Waals surface area contributed by atoms with Gasteiger partial charge in [0.2, 0.25) is 0 Å². The lowest BCUT2D eigenvalue weighted by molar-refractivity contribution is 0.461. The summed E-state index contributed by atoms with van der Waals surface area (Å²) in [6.07, 6.45) is 4.68. The van der Waals surface area contributed by atoms with Gasteiger partial charge in [-0.05, 0) is 37.8 Å². The summed E-state index contributed by atoms with van der Waals surface area (Å²) < 4.78 is 0. The maximum absolute atomic E-state index is 3.77. The van der Waals surface area contributed by atoms with Gasteiger partial charge in [-0.2, -0.15) is 0 Å². The summed E-state index contributed by atoms with van der Waals surface area (Å²) in [5.74, 6) is 0. The molecule has 0 saturated heterocycles. The first-order chi connectivity index (χ1) is 7.96. The minimum atomic E-state index is -0.708. The van der Waals surface area contributed by atoms with Crippen LogP contribution in [0.3, 0.4) is 0 Å². The molecule has 1 aromatic carbocycles. The zero-order valence-electron chi connectivity index (χ0n) is 11.4. The molecule has 0 atom stereocenters.